The SMILES string of the molecule is NCCOc1cccc(C(=O)C=CC(Oc2ccccc2[N+](=O)[O-])C(=O)O)c1. The van der Waals surface area contributed by atoms with Crippen molar-refractivity contribution >= 4 is 17.4 Å². The Morgan fingerprint density at radius 2 is 1.96 bits per heavy atom. The summed E-state index contributed by atoms with van der Waals surface area (Å²) in [4.78, 5) is 34.1. The Labute approximate surface area is 160 Å². The van der Waals surface area contributed by atoms with E-state index in [1.54, 1.807) is 18.2 Å². The Bertz CT molecular complexity index is 895. The number of nitrogens with zero attached hydrogens (tertiary/aromatic N) is 1. The van der Waals surface area contributed by atoms with Crippen LogP contribution < -0.4 is 15.2 Å². The van der Waals surface area contributed by atoms with Gasteiger partial charge in [0.15, 0.2) is 11.5 Å². The average Bonchev–Trinajstić information content (AvgIpc) is 2.69. The van der Waals surface area contributed by atoms with E-state index >= 15 is 0 Å². The number of para-hydroxylation sites is 2. The van der Waals surface area contributed by atoms with Crippen molar-refractivity contribution in [1.82, 2.24) is 0 Å². The van der Waals surface area contributed by atoms with Gasteiger partial charge in [0.25, 0.3) is 0 Å². The summed E-state index contributed by atoms with van der Waals surface area (Å²) < 4.78 is 10.6. The van der Waals surface area contributed by atoms with E-state index < -0.39 is 22.8 Å². The molecule has 0 aromatic heterocycles. The molecule has 0 saturated heterocycles. The highest BCUT2D eigenvalue weighted by Crippen LogP contribution is 2.27. The highest BCUT2D eigenvalue weighted by Gasteiger charge is 2.22. The van der Waals surface area contributed by atoms with Crippen LogP contribution in [0.4, 0.5) is 5.69 Å². The number of carbonyl (C=O) groups excluding carboxylic acids is 1. The Morgan fingerprint density at radius 3 is 2.64 bits per heavy atom. The first-order valence-corrected chi connectivity index (χ1v) is 8.20. The predicted octanol–water partition coefficient (Wildman–Crippen LogP) is 2.20. The highest BCUT2D eigenvalue weighted by atomic mass is 16.6. The molecule has 0 saturated carbocycles. The van der Waals surface area contributed by atoms with Crippen LogP contribution >= 0.6 is 0 Å². The maximum Gasteiger partial charge on any atom is 0.349 e. The van der Waals surface area contributed by atoms with Gasteiger partial charge in [0.1, 0.15) is 12.4 Å². The summed E-state index contributed by atoms with van der Waals surface area (Å²) >= 11 is 0. The zero-order chi connectivity index (χ0) is 20.5. The van der Waals surface area contributed by atoms with E-state index in [9.17, 15) is 24.8 Å². The lowest BCUT2D eigenvalue weighted by molar-refractivity contribution is -0.386. The number of ketones is 1. The van der Waals surface area contributed by atoms with Crippen LogP contribution in [0, 0.1) is 10.1 Å². The van der Waals surface area contributed by atoms with Crippen LogP contribution in [-0.4, -0.2) is 41.0 Å². The van der Waals surface area contributed by atoms with Crippen molar-refractivity contribution in [2.24, 2.45) is 5.73 Å². The molecule has 0 spiro atoms. The van der Waals surface area contributed by atoms with Gasteiger partial charge in [-0.3, -0.25) is 14.9 Å². The van der Waals surface area contributed by atoms with Gasteiger partial charge in [-0.2, -0.15) is 0 Å². The number of carbonyl (C=O) groups is 2. The molecule has 1 atom stereocenters. The van der Waals surface area contributed by atoms with Crippen molar-refractivity contribution in [3.05, 3.63) is 76.4 Å². The summed E-state index contributed by atoms with van der Waals surface area (Å²) in [5.74, 6) is -1.64. The van der Waals surface area contributed by atoms with Crippen molar-refractivity contribution in [2.75, 3.05) is 13.2 Å². The van der Waals surface area contributed by atoms with Gasteiger partial charge in [-0.25, -0.2) is 4.79 Å². The van der Waals surface area contributed by atoms with Crippen molar-refractivity contribution < 1.29 is 29.1 Å². The fraction of sp³-hybridized carbons (Fsp3) is 0.158. The molecule has 0 heterocycles. The first-order valence-electron chi connectivity index (χ1n) is 8.20. The molecular weight excluding hydrogens is 368 g/mol. The lowest BCUT2D eigenvalue weighted by Gasteiger charge is -2.11. The molecule has 146 valence electrons. The minimum absolute atomic E-state index is 0.214. The van der Waals surface area contributed by atoms with Crippen molar-refractivity contribution in [3.8, 4) is 11.5 Å². The van der Waals surface area contributed by atoms with Gasteiger partial charge in [0, 0.05) is 18.2 Å². The standard InChI is InChI=1S/C19H18N2O7/c20-10-11-27-14-5-3-4-13(12-14)16(22)8-9-18(19(23)24)28-17-7-2-1-6-15(17)21(25)26/h1-9,12,18H,10-11,20H2,(H,23,24). The molecule has 0 fully saturated rings. The number of carboxylic acid groups (broad SMARTS) is 1. The zero-order valence-electron chi connectivity index (χ0n) is 14.7. The van der Waals surface area contributed by atoms with Crippen LogP contribution in [0.1, 0.15) is 10.4 Å². The molecule has 0 aliphatic rings. The number of aliphatic carboxylic acids is 1. The summed E-state index contributed by atoms with van der Waals surface area (Å²) in [5.41, 5.74) is 5.26. The smallest absolute Gasteiger partial charge is 0.349 e. The summed E-state index contributed by atoms with van der Waals surface area (Å²) in [6.07, 6.45) is 0.478. The summed E-state index contributed by atoms with van der Waals surface area (Å²) in [5, 5.41) is 20.3. The van der Waals surface area contributed by atoms with E-state index in [2.05, 4.69) is 0 Å². The van der Waals surface area contributed by atoms with Crippen molar-refractivity contribution in [2.45, 2.75) is 6.10 Å². The van der Waals surface area contributed by atoms with Gasteiger partial charge in [0.05, 0.1) is 4.92 Å². The topological polar surface area (TPSA) is 142 Å². The average molecular weight is 386 g/mol. The number of carboxylic acids is 1. The van der Waals surface area contributed by atoms with Gasteiger partial charge in [-0.05, 0) is 30.4 Å². The quantitative estimate of drug-likeness (QED) is 0.274. The molecule has 28 heavy (non-hydrogen) atoms. The highest BCUT2D eigenvalue weighted by molar-refractivity contribution is 6.05. The minimum Gasteiger partial charge on any atom is -0.492 e. The van der Waals surface area contributed by atoms with Crippen LogP contribution in [0.2, 0.25) is 0 Å². The molecule has 2 aromatic carbocycles. The van der Waals surface area contributed by atoms with Crippen LogP contribution in [0.25, 0.3) is 0 Å². The normalized spacial score (nSPS) is 11.8. The molecule has 0 radical (unpaired) electrons. The van der Waals surface area contributed by atoms with Gasteiger partial charge in [0.2, 0.25) is 6.10 Å². The van der Waals surface area contributed by atoms with Gasteiger partial charge in [-0.15, -0.1) is 0 Å². The number of benzene rings is 2. The van der Waals surface area contributed by atoms with E-state index in [0.717, 1.165) is 12.2 Å². The monoisotopic (exact) mass is 386 g/mol. The first kappa shape index (κ1) is 20.6. The van der Waals surface area contributed by atoms with Crippen LogP contribution in [0.3, 0.4) is 0 Å². The second-order valence-corrected chi connectivity index (χ2v) is 5.49. The molecule has 9 heteroatoms. The van der Waals surface area contributed by atoms with E-state index in [-0.39, 0.29) is 23.6 Å². The van der Waals surface area contributed by atoms with Crippen molar-refractivity contribution in [1.29, 1.82) is 0 Å². The molecule has 0 aliphatic carbocycles. The second kappa shape index (κ2) is 9.83. The van der Waals surface area contributed by atoms with Gasteiger partial charge < -0.3 is 20.3 Å². The number of allylic oxidation sites excluding steroid dienone is 1. The molecule has 3 N–H and O–H groups in total. The third kappa shape index (κ3) is 5.64. The van der Waals surface area contributed by atoms with Gasteiger partial charge in [-0.1, -0.05) is 24.3 Å². The number of nitro benzene ring substituents is 1. The number of ether oxygens (including phenoxy) is 2. The lowest BCUT2D eigenvalue weighted by Crippen LogP contribution is -2.25. The molecule has 0 amide bonds. The van der Waals surface area contributed by atoms with Gasteiger partial charge >= 0.3 is 11.7 Å². The van der Waals surface area contributed by atoms with Crippen molar-refractivity contribution in [3.63, 3.8) is 0 Å². The van der Waals surface area contributed by atoms with Crippen LogP contribution in [-0.2, 0) is 4.79 Å². The maximum atomic E-state index is 12.3. The van der Waals surface area contributed by atoms with Crippen LogP contribution in [0.5, 0.6) is 11.5 Å². The minimum atomic E-state index is -1.58. The Morgan fingerprint density at radius 1 is 1.21 bits per heavy atom. The zero-order valence-corrected chi connectivity index (χ0v) is 14.7. The van der Waals surface area contributed by atoms with E-state index in [4.69, 9.17) is 15.2 Å². The lowest BCUT2D eigenvalue weighted by atomic mass is 10.1. The molecule has 2 aromatic rings. The fourth-order valence-electron chi connectivity index (χ4n) is 2.20. The predicted molar refractivity (Wildman–Crippen MR) is 99.6 cm³/mol. The summed E-state index contributed by atoms with van der Waals surface area (Å²) in [6, 6.07) is 11.7. The number of nitro groups is 1. The third-order valence-corrected chi connectivity index (χ3v) is 3.49. The molecular formula is C19H18N2O7. The first-order chi connectivity index (χ1) is 13.4. The van der Waals surface area contributed by atoms with Crippen LogP contribution in [0.15, 0.2) is 60.7 Å². The molecule has 9 nitrogen and oxygen atoms in total. The second-order valence-electron chi connectivity index (χ2n) is 5.49. The number of rotatable bonds is 10. The Kier molecular flexibility index (Phi) is 7.23. The van der Waals surface area contributed by atoms with E-state index in [0.29, 0.717) is 12.3 Å². The number of hydrogen-bond acceptors (Lipinski definition) is 7. The summed E-state index contributed by atoms with van der Waals surface area (Å²) in [6.45, 7) is 0.611. The third-order valence-electron chi connectivity index (χ3n) is 3.49. The number of hydrogen-bond donors (Lipinski definition) is 2. The molecule has 1 unspecified atom stereocenters. The maximum absolute atomic E-state index is 12.3. The molecule has 2 rings (SSSR count). The Hall–Kier alpha value is -3.72. The molecule has 0 aliphatic heterocycles. The van der Waals surface area contributed by atoms with E-state index in [1.165, 1.54) is 30.3 Å². The largest absolute Gasteiger partial charge is 0.492 e. The Balaban J connectivity index is 2.16. The fourth-order valence-corrected chi connectivity index (χ4v) is 2.20. The number of nitrogens with two attached hydrogens (primary N) is 1. The molecule has 0 bridgehead atoms. The van der Waals surface area contributed by atoms with E-state index in [1.807, 2.05) is 0 Å². The summed E-state index contributed by atoms with van der Waals surface area (Å²) in [7, 11) is 0.